The van der Waals surface area contributed by atoms with Crippen LogP contribution in [0.2, 0.25) is 0 Å². The van der Waals surface area contributed by atoms with E-state index in [0.717, 1.165) is 35.8 Å². The van der Waals surface area contributed by atoms with E-state index in [-0.39, 0.29) is 11.9 Å². The van der Waals surface area contributed by atoms with Gasteiger partial charge >= 0.3 is 0 Å². The Bertz CT molecular complexity index is 467. The molecule has 0 spiro atoms. The third-order valence-corrected chi connectivity index (χ3v) is 4.32. The number of piperidine rings is 1. The van der Waals surface area contributed by atoms with Crippen molar-refractivity contribution >= 4 is 21.8 Å². The molecular weight excluding hydrogens is 320 g/mol. The van der Waals surface area contributed by atoms with Crippen LogP contribution in [0, 0.1) is 0 Å². The summed E-state index contributed by atoms with van der Waals surface area (Å²) in [6.07, 6.45) is 3.06. The highest BCUT2D eigenvalue weighted by Crippen LogP contribution is 2.24. The molecule has 2 rings (SSSR count). The van der Waals surface area contributed by atoms with Crippen LogP contribution in [0.4, 0.5) is 0 Å². The fraction of sp³-hybridized carbons (Fsp3) is 0.533. The Morgan fingerprint density at radius 3 is 3.00 bits per heavy atom. The second-order valence-corrected chi connectivity index (χ2v) is 6.30. The molecule has 4 nitrogen and oxygen atoms in total. The Kier molecular flexibility index (Phi) is 5.57. The van der Waals surface area contributed by atoms with Crippen LogP contribution in [0.1, 0.15) is 37.4 Å². The number of amides is 1. The summed E-state index contributed by atoms with van der Waals surface area (Å²) in [5.74, 6) is -0.265. The minimum atomic E-state index is -0.541. The van der Waals surface area contributed by atoms with E-state index in [1.54, 1.807) is 0 Å². The number of nitrogens with two attached hydrogens (primary N) is 1. The van der Waals surface area contributed by atoms with Gasteiger partial charge in [-0.25, -0.2) is 0 Å². The predicted molar refractivity (Wildman–Crippen MR) is 82.1 cm³/mol. The van der Waals surface area contributed by atoms with E-state index in [0.29, 0.717) is 13.0 Å². The summed E-state index contributed by atoms with van der Waals surface area (Å²) in [7, 11) is 0. The average molecular weight is 341 g/mol. The van der Waals surface area contributed by atoms with Crippen LogP contribution in [0.5, 0.6) is 0 Å². The van der Waals surface area contributed by atoms with Crippen molar-refractivity contribution in [3.8, 4) is 0 Å². The van der Waals surface area contributed by atoms with Crippen molar-refractivity contribution in [2.45, 2.75) is 37.8 Å². The lowest BCUT2D eigenvalue weighted by molar-refractivity contribution is -0.119. The Morgan fingerprint density at radius 1 is 1.50 bits per heavy atom. The Hall–Kier alpha value is -0.910. The van der Waals surface area contributed by atoms with Gasteiger partial charge in [0.15, 0.2) is 0 Å². The molecule has 0 saturated carbocycles. The van der Waals surface area contributed by atoms with Gasteiger partial charge in [0.25, 0.3) is 0 Å². The number of aliphatic hydroxyl groups is 1. The summed E-state index contributed by atoms with van der Waals surface area (Å²) in [5, 5.41) is 10.4. The average Bonchev–Trinajstić information content (AvgIpc) is 2.40. The maximum absolute atomic E-state index is 11.1. The molecule has 1 saturated heterocycles. The van der Waals surface area contributed by atoms with Crippen molar-refractivity contribution in [1.82, 2.24) is 4.90 Å². The second-order valence-electron chi connectivity index (χ2n) is 5.39. The summed E-state index contributed by atoms with van der Waals surface area (Å²) in [6.45, 7) is 1.47. The molecule has 1 heterocycles. The molecular formula is C15H21BrN2O2. The number of primary amides is 1. The number of hydrogen-bond donors (Lipinski definition) is 2. The molecule has 20 heavy (non-hydrogen) atoms. The molecule has 1 aliphatic heterocycles. The SMILES string of the molecule is NC(=O)CC1CCCCN1CC(O)c1cccc(Br)c1. The van der Waals surface area contributed by atoms with Gasteiger partial charge in [-0.3, -0.25) is 9.69 Å². The van der Waals surface area contributed by atoms with E-state index >= 15 is 0 Å². The minimum absolute atomic E-state index is 0.169. The zero-order valence-electron chi connectivity index (χ0n) is 11.5. The summed E-state index contributed by atoms with van der Waals surface area (Å²) in [6, 6.07) is 7.87. The first-order valence-corrected chi connectivity index (χ1v) is 7.81. The second kappa shape index (κ2) is 7.20. The molecule has 2 atom stereocenters. The van der Waals surface area contributed by atoms with Crippen molar-refractivity contribution < 1.29 is 9.90 Å². The fourth-order valence-corrected chi connectivity index (χ4v) is 3.22. The van der Waals surface area contributed by atoms with E-state index in [9.17, 15) is 9.90 Å². The summed E-state index contributed by atoms with van der Waals surface area (Å²) < 4.78 is 0.960. The van der Waals surface area contributed by atoms with Gasteiger partial charge < -0.3 is 10.8 Å². The van der Waals surface area contributed by atoms with Gasteiger partial charge in [-0.05, 0) is 37.1 Å². The number of aliphatic hydroxyl groups excluding tert-OH is 1. The van der Waals surface area contributed by atoms with Gasteiger partial charge in [0.2, 0.25) is 5.91 Å². The topological polar surface area (TPSA) is 66.6 Å². The molecule has 1 aromatic carbocycles. The number of carbonyl (C=O) groups is 1. The van der Waals surface area contributed by atoms with Crippen LogP contribution in [0.25, 0.3) is 0 Å². The molecule has 1 amide bonds. The van der Waals surface area contributed by atoms with E-state index in [2.05, 4.69) is 20.8 Å². The van der Waals surface area contributed by atoms with Crippen LogP contribution in [0.15, 0.2) is 28.7 Å². The number of likely N-dealkylation sites (tertiary alicyclic amines) is 1. The van der Waals surface area contributed by atoms with Gasteiger partial charge in [-0.1, -0.05) is 34.5 Å². The van der Waals surface area contributed by atoms with Gasteiger partial charge in [0.1, 0.15) is 0 Å². The fourth-order valence-electron chi connectivity index (χ4n) is 2.81. The Labute approximate surface area is 128 Å². The number of β-amino-alcohol motifs (C(OH)–C–C–N with tert-alkyl or cyclic N) is 1. The van der Waals surface area contributed by atoms with Crippen LogP contribution >= 0.6 is 15.9 Å². The molecule has 1 aliphatic rings. The van der Waals surface area contributed by atoms with Gasteiger partial charge in [0, 0.05) is 23.5 Å². The number of halogens is 1. The van der Waals surface area contributed by atoms with Crippen molar-refractivity contribution in [2.24, 2.45) is 5.73 Å². The molecule has 3 N–H and O–H groups in total. The Balaban J connectivity index is 2.00. The number of hydrogen-bond acceptors (Lipinski definition) is 3. The summed E-state index contributed by atoms with van der Waals surface area (Å²) >= 11 is 3.41. The minimum Gasteiger partial charge on any atom is -0.387 e. The van der Waals surface area contributed by atoms with Gasteiger partial charge in [0.05, 0.1) is 6.10 Å². The van der Waals surface area contributed by atoms with E-state index < -0.39 is 6.10 Å². The lowest BCUT2D eigenvalue weighted by Gasteiger charge is -2.36. The van der Waals surface area contributed by atoms with Gasteiger partial charge in [-0.2, -0.15) is 0 Å². The maximum Gasteiger partial charge on any atom is 0.218 e. The lowest BCUT2D eigenvalue weighted by Crippen LogP contribution is -2.43. The van der Waals surface area contributed by atoms with Crippen LogP contribution in [0.3, 0.4) is 0 Å². The zero-order valence-corrected chi connectivity index (χ0v) is 13.1. The van der Waals surface area contributed by atoms with Crippen molar-refractivity contribution in [1.29, 1.82) is 0 Å². The third-order valence-electron chi connectivity index (χ3n) is 3.83. The largest absolute Gasteiger partial charge is 0.387 e. The molecule has 2 unspecified atom stereocenters. The standard InChI is InChI=1S/C15H21BrN2O2/c16-12-5-3-4-11(8-12)14(19)10-18-7-2-1-6-13(18)9-15(17)20/h3-5,8,13-14,19H,1-2,6-7,9-10H2,(H2,17,20). The van der Waals surface area contributed by atoms with Crippen molar-refractivity contribution in [3.63, 3.8) is 0 Å². The first kappa shape index (κ1) is 15.5. The highest BCUT2D eigenvalue weighted by molar-refractivity contribution is 9.10. The molecule has 1 aromatic rings. The predicted octanol–water partition coefficient (Wildman–Crippen LogP) is 2.21. The molecule has 0 radical (unpaired) electrons. The smallest absolute Gasteiger partial charge is 0.218 e. The Morgan fingerprint density at radius 2 is 2.30 bits per heavy atom. The van der Waals surface area contributed by atoms with Crippen LogP contribution < -0.4 is 5.73 Å². The van der Waals surface area contributed by atoms with Crippen LogP contribution in [-0.4, -0.2) is 35.0 Å². The highest BCUT2D eigenvalue weighted by Gasteiger charge is 2.26. The number of nitrogens with zero attached hydrogens (tertiary/aromatic N) is 1. The third kappa shape index (κ3) is 4.30. The molecule has 110 valence electrons. The quantitative estimate of drug-likeness (QED) is 0.863. The van der Waals surface area contributed by atoms with E-state index in [1.807, 2.05) is 24.3 Å². The number of carbonyl (C=O) groups excluding carboxylic acids is 1. The van der Waals surface area contributed by atoms with Crippen molar-refractivity contribution in [2.75, 3.05) is 13.1 Å². The van der Waals surface area contributed by atoms with E-state index in [4.69, 9.17) is 5.73 Å². The van der Waals surface area contributed by atoms with Gasteiger partial charge in [-0.15, -0.1) is 0 Å². The normalized spacial score (nSPS) is 21.6. The first-order chi connectivity index (χ1) is 9.56. The maximum atomic E-state index is 11.1. The molecule has 0 aromatic heterocycles. The van der Waals surface area contributed by atoms with Crippen molar-refractivity contribution in [3.05, 3.63) is 34.3 Å². The highest BCUT2D eigenvalue weighted by atomic mass is 79.9. The first-order valence-electron chi connectivity index (χ1n) is 7.02. The molecule has 5 heteroatoms. The summed E-state index contributed by atoms with van der Waals surface area (Å²) in [5.41, 5.74) is 6.20. The number of rotatable bonds is 5. The molecule has 0 bridgehead atoms. The van der Waals surface area contributed by atoms with E-state index in [1.165, 1.54) is 0 Å². The lowest BCUT2D eigenvalue weighted by atomic mass is 9.97. The monoisotopic (exact) mass is 340 g/mol. The molecule has 0 aliphatic carbocycles. The number of benzene rings is 1. The van der Waals surface area contributed by atoms with Crippen LogP contribution in [-0.2, 0) is 4.79 Å². The zero-order chi connectivity index (χ0) is 14.5. The molecule has 1 fully saturated rings. The summed E-state index contributed by atoms with van der Waals surface area (Å²) in [4.78, 5) is 13.3.